The Morgan fingerprint density at radius 2 is 2.12 bits per heavy atom. The zero-order chi connectivity index (χ0) is 24.0. The average molecular weight is 498 g/mol. The first-order valence-electron chi connectivity index (χ1n) is 11.3. The molecule has 1 N–H and O–H groups in total. The molecule has 10 heteroatoms. The number of carbonyl (C=O) groups excluding carboxylic acids is 1. The molecule has 8 nitrogen and oxygen atoms in total. The lowest BCUT2D eigenvalue weighted by Gasteiger charge is -2.35. The number of carbonyl (C=O) groups is 1. The van der Waals surface area contributed by atoms with Crippen LogP contribution in [0.2, 0.25) is 10.0 Å². The highest BCUT2D eigenvalue weighted by Gasteiger charge is 2.28. The zero-order valence-corrected chi connectivity index (χ0v) is 21.0. The van der Waals surface area contributed by atoms with Gasteiger partial charge in [0, 0.05) is 38.5 Å². The molecule has 1 aliphatic rings. The summed E-state index contributed by atoms with van der Waals surface area (Å²) in [6, 6.07) is 5.39. The third kappa shape index (κ3) is 7.13. The van der Waals surface area contributed by atoms with E-state index in [0.29, 0.717) is 55.7 Å². The third-order valence-electron chi connectivity index (χ3n) is 6.07. The molecule has 0 unspecified atom stereocenters. The molecule has 0 saturated carbocycles. The van der Waals surface area contributed by atoms with Crippen LogP contribution in [0.5, 0.6) is 0 Å². The maximum Gasteiger partial charge on any atom is 0.222 e. The predicted octanol–water partition coefficient (Wildman–Crippen LogP) is 3.24. The Balaban J connectivity index is 1.77. The van der Waals surface area contributed by atoms with Gasteiger partial charge in [-0.15, -0.1) is 5.10 Å². The quantitative estimate of drug-likeness (QED) is 0.659. The first-order valence-corrected chi connectivity index (χ1v) is 12.1. The van der Waals surface area contributed by atoms with Gasteiger partial charge in [-0.2, -0.15) is 0 Å². The second-order valence-electron chi connectivity index (χ2n) is 8.90. The van der Waals surface area contributed by atoms with Crippen LogP contribution in [0.3, 0.4) is 0 Å². The van der Waals surface area contributed by atoms with Gasteiger partial charge in [0.2, 0.25) is 5.91 Å². The molecule has 0 aliphatic carbocycles. The first-order chi connectivity index (χ1) is 15.8. The molecule has 0 spiro atoms. The van der Waals surface area contributed by atoms with Crippen molar-refractivity contribution >= 4 is 29.1 Å². The number of aliphatic hydroxyl groups excluding tert-OH is 1. The number of hydrogen-bond acceptors (Lipinski definition) is 6. The molecule has 0 fully saturated rings. The summed E-state index contributed by atoms with van der Waals surface area (Å²) < 4.78 is 8.17. The Hall–Kier alpha value is -1.71. The SMILES string of the molecule is C[C@H]1CN([C@@H](C)CO)C(=O)CCCn2nncc2CO[C@H]1CN(C)Cc1ccc(Cl)c(Cl)c1. The highest BCUT2D eigenvalue weighted by atomic mass is 35.5. The minimum absolute atomic E-state index is 0.0357. The van der Waals surface area contributed by atoms with Gasteiger partial charge in [0.15, 0.2) is 0 Å². The smallest absolute Gasteiger partial charge is 0.222 e. The van der Waals surface area contributed by atoms with Crippen molar-refractivity contribution in [2.24, 2.45) is 5.92 Å². The van der Waals surface area contributed by atoms with Crippen molar-refractivity contribution in [3.63, 3.8) is 0 Å². The molecule has 182 valence electrons. The molecular weight excluding hydrogens is 465 g/mol. The highest BCUT2D eigenvalue weighted by Crippen LogP contribution is 2.24. The maximum absolute atomic E-state index is 13.0. The molecule has 2 heterocycles. The summed E-state index contributed by atoms with van der Waals surface area (Å²) in [5.41, 5.74) is 1.95. The van der Waals surface area contributed by atoms with Gasteiger partial charge in [-0.05, 0) is 38.1 Å². The van der Waals surface area contributed by atoms with E-state index in [4.69, 9.17) is 27.9 Å². The van der Waals surface area contributed by atoms with Crippen LogP contribution in [0.1, 0.15) is 37.9 Å². The Labute approximate surface area is 205 Å². The molecule has 1 aliphatic heterocycles. The van der Waals surface area contributed by atoms with Crippen LogP contribution >= 0.6 is 23.2 Å². The van der Waals surface area contributed by atoms with E-state index in [1.165, 1.54) is 0 Å². The van der Waals surface area contributed by atoms with Gasteiger partial charge in [0.05, 0.1) is 47.3 Å². The lowest BCUT2D eigenvalue weighted by Crippen LogP contribution is -2.47. The summed E-state index contributed by atoms with van der Waals surface area (Å²) in [4.78, 5) is 16.9. The Kier molecular flexibility index (Phi) is 9.52. The summed E-state index contributed by atoms with van der Waals surface area (Å²) in [5, 5.41) is 19.0. The summed E-state index contributed by atoms with van der Waals surface area (Å²) in [6.07, 6.45) is 2.63. The van der Waals surface area contributed by atoms with Crippen molar-refractivity contribution in [2.75, 3.05) is 26.7 Å². The molecule has 2 aromatic rings. The topological polar surface area (TPSA) is 83.7 Å². The fourth-order valence-corrected chi connectivity index (χ4v) is 4.39. The van der Waals surface area contributed by atoms with Crippen LogP contribution in [-0.2, 0) is 29.2 Å². The van der Waals surface area contributed by atoms with Crippen LogP contribution in [0, 0.1) is 5.92 Å². The maximum atomic E-state index is 13.0. The second-order valence-corrected chi connectivity index (χ2v) is 9.72. The molecule has 0 saturated heterocycles. The van der Waals surface area contributed by atoms with Crippen LogP contribution in [0.15, 0.2) is 24.4 Å². The number of amides is 1. The van der Waals surface area contributed by atoms with Crippen molar-refractivity contribution in [3.05, 3.63) is 45.7 Å². The van der Waals surface area contributed by atoms with Gasteiger partial charge in [-0.25, -0.2) is 4.68 Å². The monoisotopic (exact) mass is 497 g/mol. The van der Waals surface area contributed by atoms with E-state index in [9.17, 15) is 9.90 Å². The minimum Gasteiger partial charge on any atom is -0.394 e. The second kappa shape index (κ2) is 12.1. The number of rotatable bonds is 6. The van der Waals surface area contributed by atoms with Gasteiger partial charge in [-0.1, -0.05) is 41.4 Å². The van der Waals surface area contributed by atoms with Crippen LogP contribution in [0.25, 0.3) is 0 Å². The van der Waals surface area contributed by atoms with E-state index in [-0.39, 0.29) is 30.6 Å². The number of fused-ring (bicyclic) bond motifs is 1. The van der Waals surface area contributed by atoms with Gasteiger partial charge in [0.25, 0.3) is 0 Å². The van der Waals surface area contributed by atoms with Crippen LogP contribution < -0.4 is 0 Å². The number of hydrogen-bond donors (Lipinski definition) is 1. The molecule has 3 atom stereocenters. The van der Waals surface area contributed by atoms with Gasteiger partial charge < -0.3 is 14.7 Å². The fourth-order valence-electron chi connectivity index (χ4n) is 4.07. The van der Waals surface area contributed by atoms with E-state index in [2.05, 4.69) is 22.1 Å². The van der Waals surface area contributed by atoms with E-state index in [0.717, 1.165) is 11.3 Å². The lowest BCUT2D eigenvalue weighted by atomic mass is 10.0. The summed E-state index contributed by atoms with van der Waals surface area (Å²) in [6.45, 7) is 6.73. The van der Waals surface area contributed by atoms with Crippen molar-refractivity contribution in [1.82, 2.24) is 24.8 Å². The van der Waals surface area contributed by atoms with E-state index >= 15 is 0 Å². The molecule has 33 heavy (non-hydrogen) atoms. The van der Waals surface area contributed by atoms with E-state index in [1.807, 2.05) is 26.1 Å². The van der Waals surface area contributed by atoms with Crippen LogP contribution in [-0.4, -0.2) is 74.7 Å². The van der Waals surface area contributed by atoms with Crippen molar-refractivity contribution < 1.29 is 14.6 Å². The minimum atomic E-state index is -0.251. The first kappa shape index (κ1) is 25.9. The van der Waals surface area contributed by atoms with Crippen molar-refractivity contribution in [2.45, 2.75) is 58.5 Å². The lowest BCUT2D eigenvalue weighted by molar-refractivity contribution is -0.136. The number of aliphatic hydroxyl groups is 1. The van der Waals surface area contributed by atoms with E-state index < -0.39 is 0 Å². The Morgan fingerprint density at radius 3 is 2.85 bits per heavy atom. The standard InChI is InChI=1S/C23H33Cl2N5O3/c1-16-11-29(17(2)14-31)23(32)5-4-8-30-19(10-26-27-30)15-33-22(16)13-28(3)12-18-6-7-20(24)21(25)9-18/h6-7,9-10,16-17,22,31H,4-5,8,11-15H2,1-3H3/t16-,17-,22-/m0/s1. The number of likely N-dealkylation sites (N-methyl/N-ethyl adjacent to an activating group) is 1. The Bertz CT molecular complexity index is 925. The molecule has 0 radical (unpaired) electrons. The number of aromatic nitrogens is 3. The fraction of sp³-hybridized carbons (Fsp3) is 0.609. The highest BCUT2D eigenvalue weighted by molar-refractivity contribution is 6.42. The number of nitrogens with zero attached hydrogens (tertiary/aromatic N) is 5. The molecule has 3 rings (SSSR count). The molecule has 1 amide bonds. The molecule has 0 bridgehead atoms. The summed E-state index contributed by atoms with van der Waals surface area (Å²) >= 11 is 12.2. The average Bonchev–Trinajstić information content (AvgIpc) is 3.23. The normalized spacial score (nSPS) is 21.4. The molecule has 1 aromatic carbocycles. The van der Waals surface area contributed by atoms with Gasteiger partial charge in [0.1, 0.15) is 0 Å². The van der Waals surface area contributed by atoms with Crippen molar-refractivity contribution in [3.8, 4) is 0 Å². The third-order valence-corrected chi connectivity index (χ3v) is 6.81. The molecular formula is C23H33Cl2N5O3. The Morgan fingerprint density at radius 1 is 1.33 bits per heavy atom. The van der Waals surface area contributed by atoms with Gasteiger partial charge in [-0.3, -0.25) is 9.69 Å². The number of benzene rings is 1. The van der Waals surface area contributed by atoms with Crippen molar-refractivity contribution in [1.29, 1.82) is 0 Å². The number of halogens is 2. The summed E-state index contributed by atoms with van der Waals surface area (Å²) in [5.74, 6) is 0.0801. The number of aryl methyl sites for hydroxylation is 1. The molecule has 1 aromatic heterocycles. The van der Waals surface area contributed by atoms with E-state index in [1.54, 1.807) is 21.8 Å². The predicted molar refractivity (Wildman–Crippen MR) is 128 cm³/mol. The van der Waals surface area contributed by atoms with Gasteiger partial charge >= 0.3 is 0 Å². The number of ether oxygens (including phenoxy) is 1. The summed E-state index contributed by atoms with van der Waals surface area (Å²) in [7, 11) is 2.03. The largest absolute Gasteiger partial charge is 0.394 e. The van der Waals surface area contributed by atoms with Crippen LogP contribution in [0.4, 0.5) is 0 Å². The zero-order valence-electron chi connectivity index (χ0n) is 19.5.